The highest BCUT2D eigenvalue weighted by molar-refractivity contribution is 5.81. The van der Waals surface area contributed by atoms with Gasteiger partial charge in [-0.15, -0.1) is 0 Å². The Hall–Kier alpha value is -0.610. The van der Waals surface area contributed by atoms with E-state index in [4.69, 9.17) is 9.47 Å². The summed E-state index contributed by atoms with van der Waals surface area (Å²) in [7, 11) is 1.65. The SMILES string of the molecule is COCCOCCCNC(=O)C1CC1C. The van der Waals surface area contributed by atoms with E-state index in [1.165, 1.54) is 0 Å². The Labute approximate surface area is 91.3 Å². The van der Waals surface area contributed by atoms with Crippen LogP contribution in [-0.2, 0) is 14.3 Å². The molecule has 4 nitrogen and oxygen atoms in total. The van der Waals surface area contributed by atoms with E-state index < -0.39 is 0 Å². The first-order valence-electron chi connectivity index (χ1n) is 5.60. The predicted octanol–water partition coefficient (Wildman–Crippen LogP) is 0.812. The lowest BCUT2D eigenvalue weighted by Gasteiger charge is -2.05. The largest absolute Gasteiger partial charge is 0.382 e. The first-order chi connectivity index (χ1) is 7.25. The van der Waals surface area contributed by atoms with Gasteiger partial charge < -0.3 is 14.8 Å². The molecule has 0 saturated heterocycles. The zero-order valence-electron chi connectivity index (χ0n) is 9.62. The van der Waals surface area contributed by atoms with Gasteiger partial charge >= 0.3 is 0 Å². The van der Waals surface area contributed by atoms with Crippen molar-refractivity contribution in [3.05, 3.63) is 0 Å². The summed E-state index contributed by atoms with van der Waals surface area (Å²) in [5.74, 6) is 1.07. The summed E-state index contributed by atoms with van der Waals surface area (Å²) in [6.45, 7) is 4.77. The van der Waals surface area contributed by atoms with E-state index in [0.29, 0.717) is 25.7 Å². The van der Waals surface area contributed by atoms with Crippen molar-refractivity contribution in [2.75, 3.05) is 33.5 Å². The molecule has 1 fully saturated rings. The summed E-state index contributed by atoms with van der Waals surface area (Å²) < 4.78 is 10.1. The van der Waals surface area contributed by atoms with Gasteiger partial charge in [-0.05, 0) is 18.8 Å². The average molecular weight is 215 g/mol. The van der Waals surface area contributed by atoms with Gasteiger partial charge in [0.25, 0.3) is 0 Å². The summed E-state index contributed by atoms with van der Waals surface area (Å²) in [5.41, 5.74) is 0. The number of carbonyl (C=O) groups excluding carboxylic acids is 1. The molecular formula is C11H21NO3. The molecule has 2 unspecified atom stereocenters. The van der Waals surface area contributed by atoms with Crippen molar-refractivity contribution in [1.29, 1.82) is 0 Å². The van der Waals surface area contributed by atoms with Crippen LogP contribution in [0.3, 0.4) is 0 Å². The number of rotatable bonds is 8. The minimum absolute atomic E-state index is 0.208. The number of methoxy groups -OCH3 is 1. The monoisotopic (exact) mass is 215 g/mol. The van der Waals surface area contributed by atoms with Crippen LogP contribution < -0.4 is 5.32 Å². The summed E-state index contributed by atoms with van der Waals surface area (Å²) in [6, 6.07) is 0. The fourth-order valence-corrected chi connectivity index (χ4v) is 1.45. The van der Waals surface area contributed by atoms with Crippen LogP contribution in [0.15, 0.2) is 0 Å². The van der Waals surface area contributed by atoms with E-state index in [0.717, 1.165) is 19.4 Å². The summed E-state index contributed by atoms with van der Waals surface area (Å²) >= 11 is 0. The van der Waals surface area contributed by atoms with Gasteiger partial charge in [-0.25, -0.2) is 0 Å². The van der Waals surface area contributed by atoms with E-state index in [-0.39, 0.29) is 11.8 Å². The topological polar surface area (TPSA) is 47.6 Å². The van der Waals surface area contributed by atoms with Crippen LogP contribution in [0.2, 0.25) is 0 Å². The normalized spacial score (nSPS) is 23.9. The molecular weight excluding hydrogens is 194 g/mol. The lowest BCUT2D eigenvalue weighted by Crippen LogP contribution is -2.27. The highest BCUT2D eigenvalue weighted by atomic mass is 16.5. The maximum Gasteiger partial charge on any atom is 0.223 e. The fourth-order valence-electron chi connectivity index (χ4n) is 1.45. The molecule has 0 spiro atoms. The molecule has 0 bridgehead atoms. The molecule has 0 aromatic heterocycles. The summed E-state index contributed by atoms with van der Waals surface area (Å²) in [5, 5.41) is 2.92. The number of carbonyl (C=O) groups is 1. The first kappa shape index (κ1) is 12.5. The number of hydrogen-bond donors (Lipinski definition) is 1. The molecule has 1 saturated carbocycles. The van der Waals surface area contributed by atoms with Crippen molar-refractivity contribution in [3.63, 3.8) is 0 Å². The van der Waals surface area contributed by atoms with Crippen molar-refractivity contribution in [3.8, 4) is 0 Å². The Morgan fingerprint density at radius 1 is 1.40 bits per heavy atom. The third-order valence-corrected chi connectivity index (χ3v) is 2.64. The van der Waals surface area contributed by atoms with Crippen molar-refractivity contribution >= 4 is 5.91 Å². The maximum absolute atomic E-state index is 11.4. The molecule has 0 aromatic rings. The highest BCUT2D eigenvalue weighted by Gasteiger charge is 2.38. The Bertz CT molecular complexity index is 196. The lowest BCUT2D eigenvalue weighted by molar-refractivity contribution is -0.122. The summed E-state index contributed by atoms with van der Waals surface area (Å²) in [6.07, 6.45) is 1.92. The molecule has 0 radical (unpaired) electrons. The van der Waals surface area contributed by atoms with Gasteiger partial charge in [0.1, 0.15) is 0 Å². The predicted molar refractivity (Wildman–Crippen MR) is 57.6 cm³/mol. The Kier molecular flexibility index (Phi) is 5.65. The Morgan fingerprint density at radius 2 is 2.13 bits per heavy atom. The zero-order valence-corrected chi connectivity index (χ0v) is 9.62. The van der Waals surface area contributed by atoms with E-state index >= 15 is 0 Å². The average Bonchev–Trinajstić information content (AvgIpc) is 2.94. The van der Waals surface area contributed by atoms with Gasteiger partial charge in [0.05, 0.1) is 13.2 Å². The standard InChI is InChI=1S/C11H21NO3/c1-9-8-10(9)11(13)12-4-3-5-15-7-6-14-2/h9-10H,3-8H2,1-2H3,(H,12,13). The Morgan fingerprint density at radius 3 is 2.73 bits per heavy atom. The van der Waals surface area contributed by atoms with Crippen LogP contribution in [0.1, 0.15) is 19.8 Å². The number of ether oxygens (including phenoxy) is 2. The maximum atomic E-state index is 11.4. The van der Waals surface area contributed by atoms with Crippen LogP contribution >= 0.6 is 0 Å². The quantitative estimate of drug-likeness (QED) is 0.610. The second kappa shape index (κ2) is 6.80. The van der Waals surface area contributed by atoms with Crippen LogP contribution in [0.5, 0.6) is 0 Å². The van der Waals surface area contributed by atoms with E-state index in [9.17, 15) is 4.79 Å². The van der Waals surface area contributed by atoms with Crippen molar-refractivity contribution in [2.24, 2.45) is 11.8 Å². The molecule has 1 N–H and O–H groups in total. The van der Waals surface area contributed by atoms with Gasteiger partial charge in [-0.3, -0.25) is 4.79 Å². The molecule has 0 aromatic carbocycles. The molecule has 2 atom stereocenters. The minimum Gasteiger partial charge on any atom is -0.382 e. The van der Waals surface area contributed by atoms with E-state index in [1.54, 1.807) is 7.11 Å². The lowest BCUT2D eigenvalue weighted by atomic mass is 10.3. The smallest absolute Gasteiger partial charge is 0.223 e. The van der Waals surface area contributed by atoms with Crippen LogP contribution in [0, 0.1) is 11.8 Å². The van der Waals surface area contributed by atoms with Crippen molar-refractivity contribution in [2.45, 2.75) is 19.8 Å². The molecule has 1 amide bonds. The van der Waals surface area contributed by atoms with Gasteiger partial charge in [0.2, 0.25) is 5.91 Å². The number of nitrogens with one attached hydrogen (secondary N) is 1. The van der Waals surface area contributed by atoms with Crippen LogP contribution in [-0.4, -0.2) is 39.4 Å². The van der Waals surface area contributed by atoms with Gasteiger partial charge in [-0.1, -0.05) is 6.92 Å². The molecule has 1 aliphatic carbocycles. The highest BCUT2D eigenvalue weighted by Crippen LogP contribution is 2.37. The molecule has 15 heavy (non-hydrogen) atoms. The van der Waals surface area contributed by atoms with Crippen molar-refractivity contribution < 1.29 is 14.3 Å². The fraction of sp³-hybridized carbons (Fsp3) is 0.909. The molecule has 1 rings (SSSR count). The molecule has 88 valence electrons. The zero-order chi connectivity index (χ0) is 11.1. The number of hydrogen-bond acceptors (Lipinski definition) is 3. The third kappa shape index (κ3) is 5.14. The van der Waals surface area contributed by atoms with Gasteiger partial charge in [0.15, 0.2) is 0 Å². The summed E-state index contributed by atoms with van der Waals surface area (Å²) in [4.78, 5) is 11.4. The molecule has 0 aliphatic heterocycles. The van der Waals surface area contributed by atoms with Crippen LogP contribution in [0.25, 0.3) is 0 Å². The second-order valence-corrected chi connectivity index (χ2v) is 4.07. The molecule has 1 aliphatic rings. The Balaban J connectivity index is 1.82. The third-order valence-electron chi connectivity index (χ3n) is 2.64. The van der Waals surface area contributed by atoms with E-state index in [1.807, 2.05) is 0 Å². The number of amides is 1. The van der Waals surface area contributed by atoms with Crippen LogP contribution in [0.4, 0.5) is 0 Å². The van der Waals surface area contributed by atoms with E-state index in [2.05, 4.69) is 12.2 Å². The first-order valence-corrected chi connectivity index (χ1v) is 5.60. The van der Waals surface area contributed by atoms with Gasteiger partial charge in [-0.2, -0.15) is 0 Å². The molecule has 4 heteroatoms. The van der Waals surface area contributed by atoms with Gasteiger partial charge in [0, 0.05) is 26.2 Å². The second-order valence-electron chi connectivity index (χ2n) is 4.07. The molecule has 0 heterocycles. The van der Waals surface area contributed by atoms with Crippen molar-refractivity contribution in [1.82, 2.24) is 5.32 Å². The minimum atomic E-state index is 0.208.